The molecule has 0 amide bonds. The maximum atomic E-state index is 14.0. The zero-order valence-corrected chi connectivity index (χ0v) is 10.8. The molecule has 1 fully saturated rings. The number of ether oxygens (including phenoxy) is 1. The molecule has 2 aromatic rings. The molecule has 0 saturated carbocycles. The normalized spacial score (nSPS) is 24.2. The molecular weight excluding hydrogens is 291 g/mol. The summed E-state index contributed by atoms with van der Waals surface area (Å²) in [7, 11) is 0. The minimum atomic E-state index is -2.18. The molecule has 110 valence electrons. The Morgan fingerprint density at radius 2 is 1.24 bits per heavy atom. The van der Waals surface area contributed by atoms with Crippen molar-refractivity contribution in [1.82, 2.24) is 0 Å². The molecule has 0 aliphatic carbocycles. The summed E-state index contributed by atoms with van der Waals surface area (Å²) in [6, 6.07) is 7.89. The summed E-state index contributed by atoms with van der Waals surface area (Å²) in [6.07, 6.45) is -0.701. The third kappa shape index (κ3) is 1.78. The minimum Gasteiger partial charge on any atom is -0.356 e. The van der Waals surface area contributed by atoms with E-state index >= 15 is 0 Å². The van der Waals surface area contributed by atoms with Crippen LogP contribution in [0.3, 0.4) is 0 Å². The van der Waals surface area contributed by atoms with E-state index in [0.29, 0.717) is 5.56 Å². The van der Waals surface area contributed by atoms with Crippen LogP contribution < -0.4 is 0 Å². The van der Waals surface area contributed by atoms with E-state index in [0.717, 1.165) is 0 Å². The van der Waals surface area contributed by atoms with Gasteiger partial charge >= 0.3 is 0 Å². The van der Waals surface area contributed by atoms with Crippen molar-refractivity contribution in [2.75, 3.05) is 0 Å². The molecule has 1 aliphatic heterocycles. The Hall–Kier alpha value is -1.95. The molecule has 0 radical (unpaired) electrons. The average molecular weight is 300 g/mol. The van der Waals surface area contributed by atoms with E-state index in [-0.39, 0.29) is 0 Å². The molecule has 0 aromatic heterocycles. The predicted molar refractivity (Wildman–Crippen MR) is 64.0 cm³/mol. The molecule has 0 N–H and O–H groups in total. The summed E-state index contributed by atoms with van der Waals surface area (Å²) in [5, 5.41) is 0. The number of epoxide rings is 1. The summed E-state index contributed by atoms with van der Waals surface area (Å²) in [5.74, 6) is -9.84. The molecule has 6 heteroatoms. The van der Waals surface area contributed by atoms with Crippen molar-refractivity contribution in [2.24, 2.45) is 0 Å². The highest BCUT2D eigenvalue weighted by Gasteiger charge is 2.60. The predicted octanol–water partition coefficient (Wildman–Crippen LogP) is 4.04. The number of benzene rings is 2. The van der Waals surface area contributed by atoms with Gasteiger partial charge in [-0.3, -0.25) is 0 Å². The maximum Gasteiger partial charge on any atom is 0.200 e. The highest BCUT2D eigenvalue weighted by molar-refractivity contribution is 5.45. The third-order valence-corrected chi connectivity index (χ3v) is 3.66. The summed E-state index contributed by atoms with van der Waals surface area (Å²) in [4.78, 5) is 0. The SMILES string of the molecule is C[C@@H]1O[C@@]1(c1ccccc1)c1c(F)c(F)c(F)c(F)c1F. The van der Waals surface area contributed by atoms with Gasteiger partial charge in [0.1, 0.15) is 0 Å². The molecule has 1 nitrogen and oxygen atoms in total. The van der Waals surface area contributed by atoms with Crippen LogP contribution in [0.4, 0.5) is 22.0 Å². The molecule has 2 aromatic carbocycles. The van der Waals surface area contributed by atoms with E-state index in [9.17, 15) is 22.0 Å². The quantitative estimate of drug-likeness (QED) is 0.353. The first-order chi connectivity index (χ1) is 9.91. The Kier molecular flexibility index (Phi) is 3.02. The van der Waals surface area contributed by atoms with Crippen molar-refractivity contribution >= 4 is 0 Å². The monoisotopic (exact) mass is 300 g/mol. The highest BCUT2D eigenvalue weighted by Crippen LogP contribution is 2.53. The summed E-state index contributed by atoms with van der Waals surface area (Å²) in [6.45, 7) is 1.51. The fourth-order valence-corrected chi connectivity index (χ4v) is 2.57. The Morgan fingerprint density at radius 1 is 0.810 bits per heavy atom. The van der Waals surface area contributed by atoms with E-state index in [2.05, 4.69) is 0 Å². The number of hydrogen-bond donors (Lipinski definition) is 0. The largest absolute Gasteiger partial charge is 0.356 e. The Balaban J connectivity index is 2.30. The molecule has 1 heterocycles. The molecule has 2 atom stereocenters. The van der Waals surface area contributed by atoms with Gasteiger partial charge in [-0.25, -0.2) is 22.0 Å². The first-order valence-electron chi connectivity index (χ1n) is 6.16. The molecule has 0 bridgehead atoms. The Morgan fingerprint density at radius 3 is 1.67 bits per heavy atom. The lowest BCUT2D eigenvalue weighted by Gasteiger charge is -2.16. The van der Waals surface area contributed by atoms with Crippen LogP contribution in [0.2, 0.25) is 0 Å². The van der Waals surface area contributed by atoms with E-state index in [4.69, 9.17) is 4.74 Å². The zero-order chi connectivity index (χ0) is 15.4. The van der Waals surface area contributed by atoms with Crippen molar-refractivity contribution in [1.29, 1.82) is 0 Å². The van der Waals surface area contributed by atoms with Gasteiger partial charge < -0.3 is 4.74 Å². The van der Waals surface area contributed by atoms with Crippen LogP contribution in [-0.2, 0) is 10.3 Å². The summed E-state index contributed by atoms with van der Waals surface area (Å²) < 4.78 is 73.2. The van der Waals surface area contributed by atoms with Gasteiger partial charge in [-0.05, 0) is 12.5 Å². The molecule has 0 unspecified atom stereocenters. The average Bonchev–Trinajstić information content (AvgIpc) is 3.16. The van der Waals surface area contributed by atoms with Gasteiger partial charge in [-0.1, -0.05) is 30.3 Å². The fourth-order valence-electron chi connectivity index (χ4n) is 2.57. The fraction of sp³-hybridized carbons (Fsp3) is 0.200. The van der Waals surface area contributed by atoms with Crippen LogP contribution in [0.25, 0.3) is 0 Å². The second kappa shape index (κ2) is 4.53. The standard InChI is InChI=1S/C15H9F5O/c1-7-15(21-7,8-5-3-2-4-6-8)9-10(16)12(18)14(20)13(19)11(9)17/h2-7H,1H3/t7-,15-/m0/s1. The maximum absolute atomic E-state index is 14.0. The highest BCUT2D eigenvalue weighted by atomic mass is 19.2. The van der Waals surface area contributed by atoms with Crippen molar-refractivity contribution < 1.29 is 26.7 Å². The first-order valence-corrected chi connectivity index (χ1v) is 6.16. The lowest BCUT2D eigenvalue weighted by molar-refractivity contribution is 0.301. The lowest BCUT2D eigenvalue weighted by Crippen LogP contribution is -2.21. The van der Waals surface area contributed by atoms with E-state index in [1.807, 2.05) is 0 Å². The first kappa shape index (κ1) is 14.0. The minimum absolute atomic E-state index is 0.334. The number of rotatable bonds is 2. The molecule has 0 spiro atoms. The van der Waals surface area contributed by atoms with Gasteiger partial charge in [0.25, 0.3) is 0 Å². The van der Waals surface area contributed by atoms with Crippen LogP contribution >= 0.6 is 0 Å². The van der Waals surface area contributed by atoms with Gasteiger partial charge in [0.15, 0.2) is 28.9 Å². The van der Waals surface area contributed by atoms with Gasteiger partial charge in [0.05, 0.1) is 11.7 Å². The van der Waals surface area contributed by atoms with Gasteiger partial charge in [0, 0.05) is 0 Å². The molecule has 3 rings (SSSR count). The van der Waals surface area contributed by atoms with Crippen LogP contribution in [0.5, 0.6) is 0 Å². The molecular formula is C15H9F5O. The lowest BCUT2D eigenvalue weighted by atomic mass is 9.87. The third-order valence-electron chi connectivity index (χ3n) is 3.66. The van der Waals surface area contributed by atoms with E-state index < -0.39 is 46.4 Å². The van der Waals surface area contributed by atoms with Crippen molar-refractivity contribution in [3.05, 3.63) is 70.5 Å². The van der Waals surface area contributed by atoms with Crippen molar-refractivity contribution in [3.8, 4) is 0 Å². The van der Waals surface area contributed by atoms with E-state index in [1.165, 1.54) is 19.1 Å². The zero-order valence-electron chi connectivity index (χ0n) is 10.8. The number of halogens is 5. The molecule has 21 heavy (non-hydrogen) atoms. The second-order valence-corrected chi connectivity index (χ2v) is 4.81. The summed E-state index contributed by atoms with van der Waals surface area (Å²) in [5.41, 5.74) is -2.26. The van der Waals surface area contributed by atoms with E-state index in [1.54, 1.807) is 18.2 Å². The number of hydrogen-bond acceptors (Lipinski definition) is 1. The Labute approximate surface area is 117 Å². The van der Waals surface area contributed by atoms with Crippen LogP contribution in [-0.4, -0.2) is 6.10 Å². The topological polar surface area (TPSA) is 12.5 Å². The summed E-state index contributed by atoms with van der Waals surface area (Å²) >= 11 is 0. The van der Waals surface area contributed by atoms with Gasteiger partial charge in [0.2, 0.25) is 5.82 Å². The van der Waals surface area contributed by atoms with Crippen molar-refractivity contribution in [3.63, 3.8) is 0 Å². The smallest absolute Gasteiger partial charge is 0.200 e. The van der Waals surface area contributed by atoms with Crippen LogP contribution in [0.15, 0.2) is 30.3 Å². The van der Waals surface area contributed by atoms with Gasteiger partial charge in [-0.2, -0.15) is 0 Å². The Bertz CT molecular complexity index is 687. The molecule has 1 aliphatic rings. The molecule has 1 saturated heterocycles. The second-order valence-electron chi connectivity index (χ2n) is 4.81. The van der Waals surface area contributed by atoms with Crippen molar-refractivity contribution in [2.45, 2.75) is 18.6 Å². The van der Waals surface area contributed by atoms with Crippen LogP contribution in [0.1, 0.15) is 18.1 Å². The van der Waals surface area contributed by atoms with Crippen LogP contribution in [0, 0.1) is 29.1 Å². The van der Waals surface area contributed by atoms with Gasteiger partial charge in [-0.15, -0.1) is 0 Å².